The summed E-state index contributed by atoms with van der Waals surface area (Å²) in [6, 6.07) is 12.7. The highest BCUT2D eigenvalue weighted by atomic mass is 19.1. The summed E-state index contributed by atoms with van der Waals surface area (Å²) < 4.78 is 18.1. The number of carbonyl (C=O) groups is 2. The van der Waals surface area contributed by atoms with Crippen LogP contribution in [-0.4, -0.2) is 32.0 Å². The van der Waals surface area contributed by atoms with Gasteiger partial charge in [-0.05, 0) is 35.9 Å². The van der Waals surface area contributed by atoms with Crippen molar-refractivity contribution in [2.45, 2.75) is 6.42 Å². The zero-order chi connectivity index (χ0) is 17.4. The Bertz CT molecular complexity index is 702. The van der Waals surface area contributed by atoms with E-state index in [-0.39, 0.29) is 30.3 Å². The quantitative estimate of drug-likeness (QED) is 0.762. The summed E-state index contributed by atoms with van der Waals surface area (Å²) in [6.07, 6.45) is 0.252. The van der Waals surface area contributed by atoms with Crippen molar-refractivity contribution >= 4 is 11.8 Å². The van der Waals surface area contributed by atoms with Crippen LogP contribution in [0.5, 0.6) is 5.75 Å². The molecule has 0 aliphatic rings. The molecule has 0 aliphatic heterocycles. The zero-order valence-electron chi connectivity index (χ0n) is 13.3. The molecule has 0 bridgehead atoms. The topological polar surface area (TPSA) is 67.4 Å². The molecule has 0 saturated carbocycles. The van der Waals surface area contributed by atoms with Crippen molar-refractivity contribution in [2.75, 3.05) is 20.2 Å². The summed E-state index contributed by atoms with van der Waals surface area (Å²) >= 11 is 0. The molecule has 0 unspecified atom stereocenters. The van der Waals surface area contributed by atoms with Gasteiger partial charge < -0.3 is 15.4 Å². The van der Waals surface area contributed by atoms with Crippen LogP contribution < -0.4 is 15.4 Å². The molecular formula is C18H19FN2O3. The number of hydrogen-bond acceptors (Lipinski definition) is 3. The van der Waals surface area contributed by atoms with Crippen LogP contribution in [0.4, 0.5) is 4.39 Å². The van der Waals surface area contributed by atoms with Gasteiger partial charge in [-0.1, -0.05) is 18.2 Å². The smallest absolute Gasteiger partial charge is 0.251 e. The first-order chi connectivity index (χ1) is 11.6. The predicted molar refractivity (Wildman–Crippen MR) is 88.4 cm³/mol. The maximum absolute atomic E-state index is 13.0. The maximum Gasteiger partial charge on any atom is 0.251 e. The Labute approximate surface area is 139 Å². The average Bonchev–Trinajstić information content (AvgIpc) is 2.59. The molecule has 0 aliphatic carbocycles. The molecular weight excluding hydrogens is 311 g/mol. The van der Waals surface area contributed by atoms with Crippen LogP contribution in [0.15, 0.2) is 48.5 Å². The molecule has 6 heteroatoms. The van der Waals surface area contributed by atoms with Crippen LogP contribution in [0.1, 0.15) is 15.9 Å². The van der Waals surface area contributed by atoms with Crippen molar-refractivity contribution in [3.8, 4) is 5.75 Å². The molecule has 2 aromatic rings. The molecule has 5 nitrogen and oxygen atoms in total. The SMILES string of the molecule is COc1ccc(CC(=O)NCCNC(=O)c2cccc(F)c2)cc1. The number of ether oxygens (including phenoxy) is 1. The summed E-state index contributed by atoms with van der Waals surface area (Å²) in [5, 5.41) is 5.34. The molecule has 0 saturated heterocycles. The van der Waals surface area contributed by atoms with Gasteiger partial charge in [0.05, 0.1) is 13.5 Å². The number of hydrogen-bond donors (Lipinski definition) is 2. The van der Waals surface area contributed by atoms with Gasteiger partial charge in [-0.3, -0.25) is 9.59 Å². The standard InChI is InChI=1S/C18H19FN2O3/c1-24-16-7-5-13(6-8-16)11-17(22)20-9-10-21-18(23)14-3-2-4-15(19)12-14/h2-8,12H,9-11H2,1H3,(H,20,22)(H,21,23). The molecule has 2 amide bonds. The summed E-state index contributed by atoms with van der Waals surface area (Å²) in [6.45, 7) is 0.569. The number of halogens is 1. The molecule has 0 atom stereocenters. The van der Waals surface area contributed by atoms with Gasteiger partial charge in [-0.15, -0.1) is 0 Å². The summed E-state index contributed by atoms with van der Waals surface area (Å²) in [5.41, 5.74) is 1.12. The van der Waals surface area contributed by atoms with Crippen LogP contribution in [0, 0.1) is 5.82 Å². The number of amides is 2. The highest BCUT2D eigenvalue weighted by molar-refractivity contribution is 5.94. The Morgan fingerprint density at radius 2 is 1.75 bits per heavy atom. The lowest BCUT2D eigenvalue weighted by Gasteiger charge is -2.08. The van der Waals surface area contributed by atoms with Crippen LogP contribution >= 0.6 is 0 Å². The highest BCUT2D eigenvalue weighted by Crippen LogP contribution is 2.11. The van der Waals surface area contributed by atoms with Crippen molar-refractivity contribution < 1.29 is 18.7 Å². The van der Waals surface area contributed by atoms with Crippen LogP contribution in [0.25, 0.3) is 0 Å². The van der Waals surface area contributed by atoms with E-state index in [2.05, 4.69) is 10.6 Å². The first-order valence-corrected chi connectivity index (χ1v) is 7.52. The lowest BCUT2D eigenvalue weighted by Crippen LogP contribution is -2.35. The lowest BCUT2D eigenvalue weighted by atomic mass is 10.1. The van der Waals surface area contributed by atoms with Gasteiger partial charge in [0.2, 0.25) is 5.91 Å². The Balaban J connectivity index is 1.69. The van der Waals surface area contributed by atoms with Crippen LogP contribution in [0.2, 0.25) is 0 Å². The third-order valence-corrected chi connectivity index (χ3v) is 3.34. The van der Waals surface area contributed by atoms with Gasteiger partial charge >= 0.3 is 0 Å². The van der Waals surface area contributed by atoms with E-state index in [1.54, 1.807) is 19.2 Å². The minimum absolute atomic E-state index is 0.139. The first kappa shape index (κ1) is 17.5. The fourth-order valence-corrected chi connectivity index (χ4v) is 2.10. The van der Waals surface area contributed by atoms with E-state index >= 15 is 0 Å². The zero-order valence-corrected chi connectivity index (χ0v) is 13.3. The Morgan fingerprint density at radius 1 is 1.04 bits per heavy atom. The first-order valence-electron chi connectivity index (χ1n) is 7.52. The van der Waals surface area contributed by atoms with Gasteiger partial charge in [0.15, 0.2) is 0 Å². The molecule has 0 radical (unpaired) electrons. The van der Waals surface area contributed by atoms with E-state index in [1.807, 2.05) is 12.1 Å². The second kappa shape index (κ2) is 8.67. The Hall–Kier alpha value is -2.89. The van der Waals surface area contributed by atoms with Gasteiger partial charge in [0.25, 0.3) is 5.91 Å². The minimum Gasteiger partial charge on any atom is -0.497 e. The summed E-state index contributed by atoms with van der Waals surface area (Å²) in [4.78, 5) is 23.6. The number of rotatable bonds is 7. The number of methoxy groups -OCH3 is 1. The van der Waals surface area contributed by atoms with Crippen molar-refractivity contribution in [1.82, 2.24) is 10.6 Å². The van der Waals surface area contributed by atoms with Crippen molar-refractivity contribution in [3.63, 3.8) is 0 Å². The van der Waals surface area contributed by atoms with Gasteiger partial charge in [0, 0.05) is 18.7 Å². The van der Waals surface area contributed by atoms with Crippen LogP contribution in [0.3, 0.4) is 0 Å². The molecule has 2 rings (SSSR count). The minimum atomic E-state index is -0.463. The molecule has 0 spiro atoms. The van der Waals surface area contributed by atoms with E-state index in [1.165, 1.54) is 18.2 Å². The largest absolute Gasteiger partial charge is 0.497 e. The third-order valence-electron chi connectivity index (χ3n) is 3.34. The van der Waals surface area contributed by atoms with E-state index in [0.717, 1.165) is 17.4 Å². The molecule has 0 aromatic heterocycles. The van der Waals surface area contributed by atoms with Crippen molar-refractivity contribution in [1.29, 1.82) is 0 Å². The molecule has 2 aromatic carbocycles. The average molecular weight is 330 g/mol. The Morgan fingerprint density at radius 3 is 2.42 bits per heavy atom. The lowest BCUT2D eigenvalue weighted by molar-refractivity contribution is -0.120. The monoisotopic (exact) mass is 330 g/mol. The second-order valence-electron chi connectivity index (χ2n) is 5.14. The summed E-state index contributed by atoms with van der Waals surface area (Å²) in [7, 11) is 1.58. The van der Waals surface area contributed by atoms with Crippen molar-refractivity contribution in [2.24, 2.45) is 0 Å². The molecule has 0 fully saturated rings. The predicted octanol–water partition coefficient (Wildman–Crippen LogP) is 1.92. The fraction of sp³-hybridized carbons (Fsp3) is 0.222. The van der Waals surface area contributed by atoms with Gasteiger partial charge in [-0.2, -0.15) is 0 Å². The van der Waals surface area contributed by atoms with Crippen molar-refractivity contribution in [3.05, 3.63) is 65.5 Å². The van der Waals surface area contributed by atoms with E-state index in [9.17, 15) is 14.0 Å². The third kappa shape index (κ3) is 5.39. The van der Waals surface area contributed by atoms with Crippen LogP contribution in [-0.2, 0) is 11.2 Å². The number of benzene rings is 2. The normalized spacial score (nSPS) is 10.1. The number of carbonyl (C=O) groups excluding carboxylic acids is 2. The molecule has 0 heterocycles. The summed E-state index contributed by atoms with van der Waals surface area (Å²) in [5.74, 6) is -0.242. The fourth-order valence-electron chi connectivity index (χ4n) is 2.10. The molecule has 24 heavy (non-hydrogen) atoms. The maximum atomic E-state index is 13.0. The van der Waals surface area contributed by atoms with E-state index in [4.69, 9.17) is 4.74 Å². The Kier molecular flexibility index (Phi) is 6.31. The van der Waals surface area contributed by atoms with Gasteiger partial charge in [0.1, 0.15) is 11.6 Å². The van der Waals surface area contributed by atoms with Gasteiger partial charge in [-0.25, -0.2) is 4.39 Å². The van der Waals surface area contributed by atoms with E-state index in [0.29, 0.717) is 6.54 Å². The molecule has 2 N–H and O–H groups in total. The molecule has 126 valence electrons. The van der Waals surface area contributed by atoms with E-state index < -0.39 is 5.82 Å². The highest BCUT2D eigenvalue weighted by Gasteiger charge is 2.06. The number of nitrogens with one attached hydrogen (secondary N) is 2. The second-order valence-corrected chi connectivity index (χ2v) is 5.14.